The van der Waals surface area contributed by atoms with Crippen LogP contribution in [0.2, 0.25) is 0 Å². The lowest BCUT2D eigenvalue weighted by Crippen LogP contribution is -2.25. The Hall–Kier alpha value is -0.870. The molecule has 3 nitrogen and oxygen atoms in total. The van der Waals surface area contributed by atoms with Gasteiger partial charge >= 0.3 is 0 Å². The van der Waals surface area contributed by atoms with E-state index in [4.69, 9.17) is 5.73 Å². The molecule has 4 heteroatoms. The highest BCUT2D eigenvalue weighted by Crippen LogP contribution is 2.24. The monoisotopic (exact) mass is 198 g/mol. The quantitative estimate of drug-likeness (QED) is 0.576. The lowest BCUT2D eigenvalue weighted by molar-refractivity contribution is 0.599. The molecule has 72 valence electrons. The molecule has 1 rings (SSSR count). The molecule has 0 aliphatic rings. The standard InChI is InChI=1S/C9H14N2OS/c1-7-4-5-8(10)9(6-7)11(2)13(3)12/h4-6H,10H2,1-3H3. The maximum Gasteiger partial charge on any atom is 0.121 e. The van der Waals surface area contributed by atoms with E-state index in [9.17, 15) is 4.55 Å². The number of hydrogen-bond acceptors (Lipinski definition) is 3. The van der Waals surface area contributed by atoms with E-state index in [1.165, 1.54) is 0 Å². The third kappa shape index (κ3) is 2.29. The molecule has 0 amide bonds. The fourth-order valence-corrected chi connectivity index (χ4v) is 1.50. The Morgan fingerprint density at radius 1 is 1.46 bits per heavy atom. The summed E-state index contributed by atoms with van der Waals surface area (Å²) >= 11 is -1.03. The van der Waals surface area contributed by atoms with E-state index in [0.29, 0.717) is 5.69 Å². The molecule has 2 N–H and O–H groups in total. The molecule has 0 radical (unpaired) electrons. The van der Waals surface area contributed by atoms with E-state index in [1.54, 1.807) is 17.6 Å². The van der Waals surface area contributed by atoms with E-state index in [1.807, 2.05) is 25.1 Å². The SMILES string of the molecule is Cc1ccc(N)c(N(C)[S+](C)[O-])c1. The minimum Gasteiger partial charge on any atom is -0.593 e. The smallest absolute Gasteiger partial charge is 0.121 e. The zero-order valence-corrected chi connectivity index (χ0v) is 8.89. The molecule has 0 saturated carbocycles. The van der Waals surface area contributed by atoms with Crippen molar-refractivity contribution in [1.82, 2.24) is 0 Å². The summed E-state index contributed by atoms with van der Waals surface area (Å²) in [6, 6.07) is 5.69. The Bertz CT molecular complexity index is 302. The number of hydrogen-bond donors (Lipinski definition) is 1. The predicted molar refractivity (Wildman–Crippen MR) is 58.1 cm³/mol. The summed E-state index contributed by atoms with van der Waals surface area (Å²) in [7, 11) is 1.77. The number of aryl methyl sites for hydroxylation is 1. The second-order valence-electron chi connectivity index (χ2n) is 2.98. The van der Waals surface area contributed by atoms with Gasteiger partial charge < -0.3 is 10.3 Å². The van der Waals surface area contributed by atoms with E-state index in [2.05, 4.69) is 0 Å². The third-order valence-corrected chi connectivity index (χ3v) is 2.88. The van der Waals surface area contributed by atoms with Gasteiger partial charge in [0.1, 0.15) is 11.9 Å². The van der Waals surface area contributed by atoms with Gasteiger partial charge in [-0.25, -0.2) is 0 Å². The molecule has 0 aliphatic heterocycles. The van der Waals surface area contributed by atoms with Gasteiger partial charge in [-0.15, -0.1) is 0 Å². The maximum atomic E-state index is 11.2. The largest absolute Gasteiger partial charge is 0.593 e. The van der Waals surface area contributed by atoms with Crippen molar-refractivity contribution < 1.29 is 4.55 Å². The van der Waals surface area contributed by atoms with Gasteiger partial charge in [-0.05, 0) is 24.6 Å². The third-order valence-electron chi connectivity index (χ3n) is 1.91. The molecule has 0 spiro atoms. The lowest BCUT2D eigenvalue weighted by Gasteiger charge is -2.20. The van der Waals surface area contributed by atoms with Crippen LogP contribution >= 0.6 is 0 Å². The average molecular weight is 198 g/mol. The van der Waals surface area contributed by atoms with Crippen molar-refractivity contribution in [3.05, 3.63) is 23.8 Å². The van der Waals surface area contributed by atoms with Crippen molar-refractivity contribution in [3.63, 3.8) is 0 Å². The molecule has 0 aliphatic carbocycles. The summed E-state index contributed by atoms with van der Waals surface area (Å²) in [5, 5.41) is 0. The van der Waals surface area contributed by atoms with Crippen LogP contribution < -0.4 is 10.0 Å². The second-order valence-corrected chi connectivity index (χ2v) is 4.38. The molecular weight excluding hydrogens is 184 g/mol. The average Bonchev–Trinajstić information content (AvgIpc) is 2.08. The molecular formula is C9H14N2OS. The zero-order valence-electron chi connectivity index (χ0n) is 8.07. The van der Waals surface area contributed by atoms with E-state index < -0.39 is 11.4 Å². The van der Waals surface area contributed by atoms with Crippen LogP contribution in [0.1, 0.15) is 5.56 Å². The van der Waals surface area contributed by atoms with Crippen LogP contribution in [0.3, 0.4) is 0 Å². The second kappa shape index (κ2) is 3.89. The molecule has 0 saturated heterocycles. The van der Waals surface area contributed by atoms with Gasteiger partial charge in [0, 0.05) is 0 Å². The summed E-state index contributed by atoms with van der Waals surface area (Å²) < 4.78 is 12.8. The van der Waals surface area contributed by atoms with Crippen LogP contribution in [-0.2, 0) is 11.4 Å². The summed E-state index contributed by atoms with van der Waals surface area (Å²) in [4.78, 5) is 0. The van der Waals surface area contributed by atoms with E-state index in [0.717, 1.165) is 11.3 Å². The van der Waals surface area contributed by atoms with Gasteiger partial charge in [0.15, 0.2) is 0 Å². The van der Waals surface area contributed by atoms with Crippen LogP contribution in [0.25, 0.3) is 0 Å². The zero-order chi connectivity index (χ0) is 10.0. The van der Waals surface area contributed by atoms with Crippen molar-refractivity contribution in [2.45, 2.75) is 6.92 Å². The highest BCUT2D eigenvalue weighted by Gasteiger charge is 2.12. The summed E-state index contributed by atoms with van der Waals surface area (Å²) in [5.41, 5.74) is 8.34. The molecule has 0 aromatic heterocycles. The van der Waals surface area contributed by atoms with Crippen molar-refractivity contribution in [1.29, 1.82) is 0 Å². The minimum absolute atomic E-state index is 0.656. The number of anilines is 2. The highest BCUT2D eigenvalue weighted by atomic mass is 32.2. The molecule has 1 atom stereocenters. The normalized spacial score (nSPS) is 12.6. The van der Waals surface area contributed by atoms with Crippen molar-refractivity contribution >= 4 is 22.7 Å². The molecule has 1 aromatic rings. The first-order chi connectivity index (χ1) is 6.02. The van der Waals surface area contributed by atoms with Crippen LogP contribution in [0.4, 0.5) is 11.4 Å². The topological polar surface area (TPSA) is 52.3 Å². The Labute approximate surface area is 81.9 Å². The molecule has 0 heterocycles. The molecule has 13 heavy (non-hydrogen) atoms. The highest BCUT2D eigenvalue weighted by molar-refractivity contribution is 7.92. The number of nitrogen functional groups attached to an aromatic ring is 1. The Morgan fingerprint density at radius 3 is 2.62 bits per heavy atom. The first-order valence-electron chi connectivity index (χ1n) is 3.96. The lowest BCUT2D eigenvalue weighted by atomic mass is 10.2. The van der Waals surface area contributed by atoms with E-state index >= 15 is 0 Å². The van der Waals surface area contributed by atoms with Crippen LogP contribution in [-0.4, -0.2) is 17.9 Å². The van der Waals surface area contributed by atoms with Crippen molar-refractivity contribution in [2.24, 2.45) is 0 Å². The molecule has 0 bridgehead atoms. The Morgan fingerprint density at radius 2 is 2.08 bits per heavy atom. The van der Waals surface area contributed by atoms with Gasteiger partial charge in [-0.3, -0.25) is 0 Å². The van der Waals surface area contributed by atoms with Gasteiger partial charge in [0.05, 0.1) is 24.1 Å². The molecule has 1 aromatic carbocycles. The van der Waals surface area contributed by atoms with Crippen LogP contribution in [0, 0.1) is 6.92 Å². The minimum atomic E-state index is -1.03. The van der Waals surface area contributed by atoms with Gasteiger partial charge in [0.25, 0.3) is 0 Å². The number of benzene rings is 1. The summed E-state index contributed by atoms with van der Waals surface area (Å²) in [6.45, 7) is 1.98. The van der Waals surface area contributed by atoms with Gasteiger partial charge in [0.2, 0.25) is 0 Å². The predicted octanol–water partition coefficient (Wildman–Crippen LogP) is 1.31. The fourth-order valence-electron chi connectivity index (χ4n) is 1.06. The van der Waals surface area contributed by atoms with Gasteiger partial charge in [-0.1, -0.05) is 6.07 Å². The Kier molecular flexibility index (Phi) is 3.06. The first kappa shape index (κ1) is 10.2. The van der Waals surface area contributed by atoms with Gasteiger partial charge in [-0.2, -0.15) is 4.31 Å². The van der Waals surface area contributed by atoms with Crippen molar-refractivity contribution in [3.8, 4) is 0 Å². The number of nitrogens with two attached hydrogens (primary N) is 1. The number of rotatable bonds is 2. The van der Waals surface area contributed by atoms with Crippen LogP contribution in [0.15, 0.2) is 18.2 Å². The maximum absolute atomic E-state index is 11.2. The fraction of sp³-hybridized carbons (Fsp3) is 0.333. The molecule has 1 unspecified atom stereocenters. The summed E-state index contributed by atoms with van der Waals surface area (Å²) in [6.07, 6.45) is 1.63. The van der Waals surface area contributed by atoms with E-state index in [-0.39, 0.29) is 0 Å². The first-order valence-corrected chi connectivity index (χ1v) is 5.47. The van der Waals surface area contributed by atoms with Crippen LogP contribution in [0.5, 0.6) is 0 Å². The van der Waals surface area contributed by atoms with Crippen molar-refractivity contribution in [2.75, 3.05) is 23.3 Å². The number of nitrogens with zero attached hydrogens (tertiary/aromatic N) is 1. The molecule has 0 fully saturated rings. The summed E-state index contributed by atoms with van der Waals surface area (Å²) in [5.74, 6) is 0. The Balaban J connectivity index is 3.05.